The average Bonchev–Trinajstić information content (AvgIpc) is 2.45. The molecule has 0 aliphatic rings. The summed E-state index contributed by atoms with van der Waals surface area (Å²) in [5, 5.41) is 10.2. The number of aliphatic hydroxyl groups is 1. The first-order chi connectivity index (χ1) is 9.74. The summed E-state index contributed by atoms with van der Waals surface area (Å²) in [4.78, 5) is 2.47. The lowest BCUT2D eigenvalue weighted by Crippen LogP contribution is -2.34. The lowest BCUT2D eigenvalue weighted by atomic mass is 10.1. The Morgan fingerprint density at radius 3 is 1.75 bits per heavy atom. The van der Waals surface area contributed by atoms with Gasteiger partial charge in [-0.25, -0.2) is 0 Å². The number of hydrogen-bond donors (Lipinski definition) is 1. The quantitative estimate of drug-likeness (QED) is 0.428. The molecule has 0 aromatic carbocycles. The number of unbranched alkanes of at least 4 members (excludes halogenated alkanes) is 7. The molecule has 0 aromatic heterocycles. The van der Waals surface area contributed by atoms with Crippen LogP contribution in [0.4, 0.5) is 0 Å². The van der Waals surface area contributed by atoms with E-state index >= 15 is 0 Å². The standard InChI is InChI=1S/C18H39NO/c1-4-7-10-11-12-13-14-18(20)17-19(15-8-5-2)16-9-6-3/h18,20H,4-17H2,1-3H3. The lowest BCUT2D eigenvalue weighted by molar-refractivity contribution is 0.101. The van der Waals surface area contributed by atoms with Gasteiger partial charge in [-0.15, -0.1) is 0 Å². The first-order valence-corrected chi connectivity index (χ1v) is 9.14. The predicted octanol–water partition coefficient (Wildman–Crippen LogP) is 5.00. The van der Waals surface area contributed by atoms with Gasteiger partial charge in [0.15, 0.2) is 0 Å². The minimum Gasteiger partial charge on any atom is -0.392 e. The lowest BCUT2D eigenvalue weighted by Gasteiger charge is -2.24. The maximum absolute atomic E-state index is 10.2. The number of aliphatic hydroxyl groups excluding tert-OH is 1. The highest BCUT2D eigenvalue weighted by molar-refractivity contribution is 4.65. The van der Waals surface area contributed by atoms with E-state index in [-0.39, 0.29) is 6.10 Å². The number of hydrogen-bond acceptors (Lipinski definition) is 2. The molecule has 0 saturated carbocycles. The highest BCUT2D eigenvalue weighted by Crippen LogP contribution is 2.10. The third-order valence-electron chi connectivity index (χ3n) is 4.02. The Kier molecular flexibility index (Phi) is 15.3. The summed E-state index contributed by atoms with van der Waals surface area (Å²) in [6.07, 6.45) is 13.8. The first-order valence-electron chi connectivity index (χ1n) is 9.14. The van der Waals surface area contributed by atoms with Crippen molar-refractivity contribution in [1.29, 1.82) is 0 Å². The van der Waals surface area contributed by atoms with Crippen molar-refractivity contribution >= 4 is 0 Å². The van der Waals surface area contributed by atoms with Crippen molar-refractivity contribution in [1.82, 2.24) is 4.90 Å². The molecular formula is C18H39NO. The van der Waals surface area contributed by atoms with Crippen LogP contribution in [0.2, 0.25) is 0 Å². The third kappa shape index (κ3) is 12.9. The van der Waals surface area contributed by atoms with E-state index in [0.717, 1.165) is 26.1 Å². The molecule has 1 unspecified atom stereocenters. The van der Waals surface area contributed by atoms with Crippen LogP contribution in [0.15, 0.2) is 0 Å². The molecule has 122 valence electrons. The van der Waals surface area contributed by atoms with Gasteiger partial charge in [-0.2, -0.15) is 0 Å². The minimum atomic E-state index is -0.116. The van der Waals surface area contributed by atoms with E-state index < -0.39 is 0 Å². The van der Waals surface area contributed by atoms with Gasteiger partial charge in [0, 0.05) is 6.54 Å². The topological polar surface area (TPSA) is 23.5 Å². The van der Waals surface area contributed by atoms with Crippen LogP contribution in [0.3, 0.4) is 0 Å². The van der Waals surface area contributed by atoms with E-state index in [1.165, 1.54) is 64.2 Å². The Morgan fingerprint density at radius 2 is 1.20 bits per heavy atom. The van der Waals surface area contributed by atoms with E-state index in [9.17, 15) is 5.11 Å². The zero-order valence-corrected chi connectivity index (χ0v) is 14.4. The second-order valence-corrected chi connectivity index (χ2v) is 6.22. The Labute approximate surface area is 127 Å². The van der Waals surface area contributed by atoms with Crippen molar-refractivity contribution in [2.24, 2.45) is 0 Å². The normalized spacial score (nSPS) is 13.1. The summed E-state index contributed by atoms with van der Waals surface area (Å²) >= 11 is 0. The minimum absolute atomic E-state index is 0.116. The van der Waals surface area contributed by atoms with E-state index in [4.69, 9.17) is 0 Å². The zero-order valence-electron chi connectivity index (χ0n) is 14.4. The van der Waals surface area contributed by atoms with Gasteiger partial charge in [0.25, 0.3) is 0 Å². The van der Waals surface area contributed by atoms with Gasteiger partial charge in [-0.05, 0) is 32.4 Å². The Balaban J connectivity index is 3.67. The average molecular weight is 286 g/mol. The van der Waals surface area contributed by atoms with Crippen molar-refractivity contribution in [3.05, 3.63) is 0 Å². The summed E-state index contributed by atoms with van der Waals surface area (Å²) in [6.45, 7) is 9.93. The molecule has 0 heterocycles. The van der Waals surface area contributed by atoms with Crippen molar-refractivity contribution < 1.29 is 5.11 Å². The maximum atomic E-state index is 10.2. The van der Waals surface area contributed by atoms with E-state index in [1.54, 1.807) is 0 Å². The van der Waals surface area contributed by atoms with Crippen LogP contribution >= 0.6 is 0 Å². The molecule has 0 spiro atoms. The zero-order chi connectivity index (χ0) is 15.1. The fourth-order valence-electron chi connectivity index (χ4n) is 2.61. The molecule has 0 amide bonds. The number of rotatable bonds is 15. The molecule has 1 N–H and O–H groups in total. The van der Waals surface area contributed by atoms with Gasteiger partial charge in [0.2, 0.25) is 0 Å². The van der Waals surface area contributed by atoms with E-state index in [1.807, 2.05) is 0 Å². The smallest absolute Gasteiger partial charge is 0.0667 e. The van der Waals surface area contributed by atoms with Crippen molar-refractivity contribution in [3.63, 3.8) is 0 Å². The number of nitrogens with zero attached hydrogens (tertiary/aromatic N) is 1. The molecule has 20 heavy (non-hydrogen) atoms. The van der Waals surface area contributed by atoms with Crippen LogP contribution in [-0.4, -0.2) is 35.7 Å². The van der Waals surface area contributed by atoms with Crippen molar-refractivity contribution in [2.45, 2.75) is 97.5 Å². The van der Waals surface area contributed by atoms with Gasteiger partial charge in [0.1, 0.15) is 0 Å². The Morgan fingerprint density at radius 1 is 0.700 bits per heavy atom. The largest absolute Gasteiger partial charge is 0.392 e. The van der Waals surface area contributed by atoms with Gasteiger partial charge < -0.3 is 10.0 Å². The maximum Gasteiger partial charge on any atom is 0.0667 e. The van der Waals surface area contributed by atoms with Crippen LogP contribution in [0, 0.1) is 0 Å². The van der Waals surface area contributed by atoms with Crippen LogP contribution in [0.1, 0.15) is 91.4 Å². The molecule has 0 rings (SSSR count). The van der Waals surface area contributed by atoms with Crippen LogP contribution in [0.25, 0.3) is 0 Å². The fraction of sp³-hybridized carbons (Fsp3) is 1.00. The highest BCUT2D eigenvalue weighted by atomic mass is 16.3. The van der Waals surface area contributed by atoms with Gasteiger partial charge in [0.05, 0.1) is 6.10 Å². The highest BCUT2D eigenvalue weighted by Gasteiger charge is 2.10. The first kappa shape index (κ1) is 19.9. The molecule has 0 fully saturated rings. The van der Waals surface area contributed by atoms with Crippen LogP contribution < -0.4 is 0 Å². The Bertz CT molecular complexity index is 176. The summed E-state index contributed by atoms with van der Waals surface area (Å²) in [5.74, 6) is 0. The molecule has 1 atom stereocenters. The van der Waals surface area contributed by atoms with Gasteiger partial charge in [-0.3, -0.25) is 0 Å². The SMILES string of the molecule is CCCCCCCCC(O)CN(CCCC)CCCC. The van der Waals surface area contributed by atoms with Gasteiger partial charge in [-0.1, -0.05) is 72.1 Å². The molecule has 2 nitrogen and oxygen atoms in total. The van der Waals surface area contributed by atoms with E-state index in [0.29, 0.717) is 0 Å². The fourth-order valence-corrected chi connectivity index (χ4v) is 2.61. The molecule has 0 radical (unpaired) electrons. The van der Waals surface area contributed by atoms with Gasteiger partial charge >= 0.3 is 0 Å². The van der Waals surface area contributed by atoms with Crippen molar-refractivity contribution in [2.75, 3.05) is 19.6 Å². The predicted molar refractivity (Wildman–Crippen MR) is 90.3 cm³/mol. The Hall–Kier alpha value is -0.0800. The molecule has 0 aliphatic carbocycles. The molecule has 0 aromatic rings. The van der Waals surface area contributed by atoms with Crippen molar-refractivity contribution in [3.8, 4) is 0 Å². The molecule has 0 bridgehead atoms. The molecule has 0 saturated heterocycles. The molecule has 2 heteroatoms. The second-order valence-electron chi connectivity index (χ2n) is 6.22. The third-order valence-corrected chi connectivity index (χ3v) is 4.02. The second kappa shape index (κ2) is 15.3. The summed E-state index contributed by atoms with van der Waals surface area (Å²) in [6, 6.07) is 0. The monoisotopic (exact) mass is 285 g/mol. The molecular weight excluding hydrogens is 246 g/mol. The van der Waals surface area contributed by atoms with Crippen LogP contribution in [-0.2, 0) is 0 Å². The molecule has 0 aliphatic heterocycles. The van der Waals surface area contributed by atoms with E-state index in [2.05, 4.69) is 25.7 Å². The summed E-state index contributed by atoms with van der Waals surface area (Å²) in [7, 11) is 0. The summed E-state index contributed by atoms with van der Waals surface area (Å²) < 4.78 is 0. The van der Waals surface area contributed by atoms with Crippen LogP contribution in [0.5, 0.6) is 0 Å². The summed E-state index contributed by atoms with van der Waals surface area (Å²) in [5.41, 5.74) is 0.